The molecular formula is C6H14BNO. The molecule has 0 spiro atoms. The van der Waals surface area contributed by atoms with E-state index in [4.69, 9.17) is 0 Å². The van der Waals surface area contributed by atoms with Gasteiger partial charge in [0.05, 0.1) is 6.10 Å². The van der Waals surface area contributed by atoms with E-state index in [-0.39, 0.29) is 6.10 Å². The minimum Gasteiger partial charge on any atom is -0.391 e. The molecule has 0 radical (unpaired) electrons. The Morgan fingerprint density at radius 2 is 2.44 bits per heavy atom. The topological polar surface area (TPSA) is 23.5 Å². The summed E-state index contributed by atoms with van der Waals surface area (Å²) in [6, 6.07) is 0.421. The van der Waals surface area contributed by atoms with Gasteiger partial charge in [-0.05, 0) is 19.4 Å². The van der Waals surface area contributed by atoms with E-state index < -0.39 is 0 Å². The molecule has 0 aromatic rings. The minimum absolute atomic E-state index is 0.0694. The zero-order valence-electron chi connectivity index (χ0n) is 6.17. The maximum absolute atomic E-state index is 9.32. The summed E-state index contributed by atoms with van der Waals surface area (Å²) < 4.78 is 0. The van der Waals surface area contributed by atoms with Gasteiger partial charge < -0.3 is 9.92 Å². The first-order valence-corrected chi connectivity index (χ1v) is 3.64. The van der Waals surface area contributed by atoms with Crippen molar-refractivity contribution in [1.29, 1.82) is 0 Å². The van der Waals surface area contributed by atoms with Gasteiger partial charge in [0.25, 0.3) is 0 Å². The van der Waals surface area contributed by atoms with Crippen molar-refractivity contribution >= 4 is 7.98 Å². The van der Waals surface area contributed by atoms with Gasteiger partial charge >= 0.3 is 0 Å². The van der Waals surface area contributed by atoms with Gasteiger partial charge in [0, 0.05) is 6.04 Å². The lowest BCUT2D eigenvalue weighted by Crippen LogP contribution is -2.32. The molecule has 0 aromatic carbocycles. The Bertz CT molecular complexity index is 89.1. The predicted molar refractivity (Wildman–Crippen MR) is 40.0 cm³/mol. The van der Waals surface area contributed by atoms with Crippen LogP contribution in [-0.4, -0.2) is 36.6 Å². The van der Waals surface area contributed by atoms with Crippen LogP contribution >= 0.6 is 0 Å². The second-order valence-corrected chi connectivity index (χ2v) is 2.81. The standard InChI is InChI=1S/C6H14BNO/c1-2-5-6(9)3-4-8(5)7/h5-6,9H,2-4,7H2,1H3/t5-,6?/m0/s1. The quantitative estimate of drug-likeness (QED) is 0.474. The smallest absolute Gasteiger partial charge is 0.185 e. The second kappa shape index (κ2) is 2.71. The summed E-state index contributed by atoms with van der Waals surface area (Å²) in [5.41, 5.74) is 0. The molecule has 0 aromatic heterocycles. The van der Waals surface area contributed by atoms with Crippen molar-refractivity contribution in [2.45, 2.75) is 31.9 Å². The zero-order chi connectivity index (χ0) is 6.85. The van der Waals surface area contributed by atoms with E-state index in [2.05, 4.69) is 19.7 Å². The molecule has 0 bridgehead atoms. The third-order valence-corrected chi connectivity index (χ3v) is 2.21. The molecule has 1 heterocycles. The van der Waals surface area contributed by atoms with Crippen LogP contribution in [-0.2, 0) is 0 Å². The lowest BCUT2D eigenvalue weighted by molar-refractivity contribution is 0.141. The van der Waals surface area contributed by atoms with Crippen LogP contribution in [0, 0.1) is 0 Å². The van der Waals surface area contributed by atoms with Crippen LogP contribution in [0.1, 0.15) is 19.8 Å². The highest BCUT2D eigenvalue weighted by molar-refractivity contribution is 6.04. The third kappa shape index (κ3) is 1.27. The highest BCUT2D eigenvalue weighted by atomic mass is 16.3. The van der Waals surface area contributed by atoms with Crippen LogP contribution < -0.4 is 0 Å². The number of aliphatic hydroxyl groups excluding tert-OH is 1. The van der Waals surface area contributed by atoms with Gasteiger partial charge in [-0.25, -0.2) is 0 Å². The Hall–Kier alpha value is -0.0151. The third-order valence-electron chi connectivity index (χ3n) is 2.21. The summed E-state index contributed by atoms with van der Waals surface area (Å²) in [4.78, 5) is 2.23. The van der Waals surface area contributed by atoms with E-state index in [1.54, 1.807) is 0 Å². The Kier molecular flexibility index (Phi) is 2.14. The van der Waals surface area contributed by atoms with Crippen molar-refractivity contribution < 1.29 is 5.11 Å². The van der Waals surface area contributed by atoms with Crippen LogP contribution in [0.15, 0.2) is 0 Å². The van der Waals surface area contributed by atoms with Gasteiger partial charge in [-0.2, -0.15) is 0 Å². The van der Waals surface area contributed by atoms with E-state index in [9.17, 15) is 5.11 Å². The summed E-state index contributed by atoms with van der Waals surface area (Å²) >= 11 is 0. The SMILES string of the molecule is BN1CCC(O)[C@@H]1CC. The van der Waals surface area contributed by atoms with Gasteiger partial charge in [-0.1, -0.05) is 6.92 Å². The maximum atomic E-state index is 9.32. The monoisotopic (exact) mass is 127 g/mol. The molecular weight excluding hydrogens is 113 g/mol. The van der Waals surface area contributed by atoms with Gasteiger partial charge in [0.15, 0.2) is 7.98 Å². The van der Waals surface area contributed by atoms with E-state index in [0.29, 0.717) is 6.04 Å². The highest BCUT2D eigenvalue weighted by Gasteiger charge is 2.27. The minimum atomic E-state index is -0.0694. The summed E-state index contributed by atoms with van der Waals surface area (Å²) in [6.07, 6.45) is 1.95. The summed E-state index contributed by atoms with van der Waals surface area (Å²) in [5, 5.41) is 9.32. The van der Waals surface area contributed by atoms with Gasteiger partial charge in [0.1, 0.15) is 0 Å². The average molecular weight is 127 g/mol. The molecule has 2 atom stereocenters. The van der Waals surface area contributed by atoms with Gasteiger partial charge in [-0.3, -0.25) is 0 Å². The fourth-order valence-electron chi connectivity index (χ4n) is 1.57. The van der Waals surface area contributed by atoms with Gasteiger partial charge in [-0.15, -0.1) is 0 Å². The molecule has 1 aliphatic heterocycles. The second-order valence-electron chi connectivity index (χ2n) is 2.81. The van der Waals surface area contributed by atoms with E-state index >= 15 is 0 Å². The lowest BCUT2D eigenvalue weighted by atomic mass is 10.1. The molecule has 1 fully saturated rings. The molecule has 0 saturated carbocycles. The number of hydrogen-bond donors (Lipinski definition) is 1. The fourth-order valence-corrected chi connectivity index (χ4v) is 1.57. The van der Waals surface area contributed by atoms with E-state index in [0.717, 1.165) is 19.4 Å². The molecule has 0 aliphatic carbocycles. The summed E-state index contributed by atoms with van der Waals surface area (Å²) in [6.45, 7) is 3.18. The molecule has 0 amide bonds. The van der Waals surface area contributed by atoms with Crippen molar-refractivity contribution in [2.75, 3.05) is 6.54 Å². The lowest BCUT2D eigenvalue weighted by Gasteiger charge is -2.19. The Balaban J connectivity index is 2.44. The normalized spacial score (nSPS) is 37.6. The molecule has 2 nitrogen and oxygen atoms in total. The molecule has 52 valence electrons. The van der Waals surface area contributed by atoms with Crippen molar-refractivity contribution in [3.63, 3.8) is 0 Å². The first-order chi connectivity index (χ1) is 4.25. The van der Waals surface area contributed by atoms with Crippen molar-refractivity contribution in [2.24, 2.45) is 0 Å². The van der Waals surface area contributed by atoms with Crippen LogP contribution in [0.5, 0.6) is 0 Å². The van der Waals surface area contributed by atoms with E-state index in [1.807, 2.05) is 0 Å². The summed E-state index contributed by atoms with van der Waals surface area (Å²) in [7, 11) is 2.07. The largest absolute Gasteiger partial charge is 0.391 e. The first-order valence-electron chi connectivity index (χ1n) is 3.64. The highest BCUT2D eigenvalue weighted by Crippen LogP contribution is 2.17. The van der Waals surface area contributed by atoms with Crippen LogP contribution in [0.25, 0.3) is 0 Å². The van der Waals surface area contributed by atoms with Crippen LogP contribution in [0.3, 0.4) is 0 Å². The predicted octanol–water partition coefficient (Wildman–Crippen LogP) is -0.620. The van der Waals surface area contributed by atoms with Crippen LogP contribution in [0.2, 0.25) is 0 Å². The Labute approximate surface area is 57.3 Å². The molecule has 1 rings (SSSR count). The Morgan fingerprint density at radius 3 is 2.67 bits per heavy atom. The maximum Gasteiger partial charge on any atom is 0.185 e. The number of hydrogen-bond acceptors (Lipinski definition) is 2. The number of nitrogens with zero attached hydrogens (tertiary/aromatic N) is 1. The average Bonchev–Trinajstić information content (AvgIpc) is 2.12. The number of aliphatic hydroxyl groups is 1. The molecule has 9 heavy (non-hydrogen) atoms. The summed E-state index contributed by atoms with van der Waals surface area (Å²) in [5.74, 6) is 0. The van der Waals surface area contributed by atoms with Crippen molar-refractivity contribution in [3.05, 3.63) is 0 Å². The van der Waals surface area contributed by atoms with Gasteiger partial charge in [0.2, 0.25) is 0 Å². The first kappa shape index (κ1) is 7.10. The number of rotatable bonds is 1. The zero-order valence-corrected chi connectivity index (χ0v) is 6.17. The van der Waals surface area contributed by atoms with E-state index in [1.165, 1.54) is 0 Å². The van der Waals surface area contributed by atoms with Crippen molar-refractivity contribution in [1.82, 2.24) is 4.81 Å². The molecule has 1 saturated heterocycles. The molecule has 1 unspecified atom stereocenters. The van der Waals surface area contributed by atoms with Crippen LogP contribution in [0.4, 0.5) is 0 Å². The van der Waals surface area contributed by atoms with Crippen molar-refractivity contribution in [3.8, 4) is 0 Å². The fraction of sp³-hybridized carbons (Fsp3) is 1.00. The molecule has 1 N–H and O–H groups in total. The molecule has 1 aliphatic rings. The Morgan fingerprint density at radius 1 is 1.78 bits per heavy atom. The molecule has 3 heteroatoms.